The molecule has 1 unspecified atom stereocenters. The molecule has 1 aliphatic rings. The van der Waals surface area contributed by atoms with Gasteiger partial charge in [-0.15, -0.1) is 0 Å². The third-order valence-electron chi connectivity index (χ3n) is 5.23. The van der Waals surface area contributed by atoms with Gasteiger partial charge in [0.25, 0.3) is 5.91 Å². The topological polar surface area (TPSA) is 90.5 Å². The average Bonchev–Trinajstić information content (AvgIpc) is 3.06. The smallest absolute Gasteiger partial charge is 0.321 e. The molecule has 2 aromatic carbocycles. The van der Waals surface area contributed by atoms with Crippen LogP contribution < -0.4 is 16.0 Å². The van der Waals surface area contributed by atoms with Crippen molar-refractivity contribution < 1.29 is 14.4 Å². The molecule has 2 aromatic rings. The Morgan fingerprint density at radius 1 is 0.875 bits per heavy atom. The van der Waals surface area contributed by atoms with Crippen LogP contribution in [0.1, 0.15) is 43.0 Å². The molecule has 4 amide bonds. The van der Waals surface area contributed by atoms with E-state index < -0.39 is 17.9 Å². The molecule has 1 saturated heterocycles. The summed E-state index contributed by atoms with van der Waals surface area (Å²) in [4.78, 5) is 39.1. The summed E-state index contributed by atoms with van der Waals surface area (Å²) in [6.45, 7) is 3.11. The van der Waals surface area contributed by atoms with Crippen LogP contribution in [0.5, 0.6) is 0 Å². The van der Waals surface area contributed by atoms with Crippen molar-refractivity contribution in [3.8, 4) is 0 Å². The Morgan fingerprint density at radius 2 is 1.47 bits per heavy atom. The van der Waals surface area contributed by atoms with Gasteiger partial charge in [0.15, 0.2) is 0 Å². The fourth-order valence-corrected chi connectivity index (χ4v) is 3.77. The number of anilines is 2. The molecule has 3 rings (SSSR count). The van der Waals surface area contributed by atoms with Gasteiger partial charge in [-0.1, -0.05) is 42.1 Å². The van der Waals surface area contributed by atoms with Gasteiger partial charge in [0.1, 0.15) is 6.04 Å². The maximum atomic E-state index is 12.5. The average molecular weight is 477 g/mol. The molecular weight excluding hydrogens is 451 g/mol. The molecule has 1 aliphatic heterocycles. The molecule has 0 spiro atoms. The molecule has 170 valence electrons. The van der Waals surface area contributed by atoms with Crippen LogP contribution in [0.15, 0.2) is 42.5 Å². The van der Waals surface area contributed by atoms with Gasteiger partial charge in [0.05, 0.1) is 15.6 Å². The van der Waals surface area contributed by atoms with Crippen LogP contribution in [0.25, 0.3) is 0 Å². The molecule has 0 aromatic heterocycles. The number of hydrogen-bond donors (Lipinski definition) is 3. The first-order valence-corrected chi connectivity index (χ1v) is 11.3. The number of halogens is 2. The lowest BCUT2D eigenvalue weighted by Crippen LogP contribution is -2.41. The highest BCUT2D eigenvalue weighted by atomic mass is 35.5. The van der Waals surface area contributed by atoms with Crippen molar-refractivity contribution in [2.24, 2.45) is 0 Å². The maximum absolute atomic E-state index is 12.5. The summed E-state index contributed by atoms with van der Waals surface area (Å²) in [5.41, 5.74) is 1.39. The molecule has 1 atom stereocenters. The second kappa shape index (κ2) is 11.2. The number of rotatable bonds is 5. The number of nitrogens with zero attached hydrogens (tertiary/aromatic N) is 1. The van der Waals surface area contributed by atoms with Crippen molar-refractivity contribution in [3.05, 3.63) is 58.1 Å². The minimum atomic E-state index is -0.806. The summed E-state index contributed by atoms with van der Waals surface area (Å²) in [5, 5.41) is 8.64. The molecule has 0 aliphatic carbocycles. The van der Waals surface area contributed by atoms with E-state index in [0.717, 1.165) is 38.8 Å². The van der Waals surface area contributed by atoms with Crippen molar-refractivity contribution in [2.75, 3.05) is 23.7 Å². The second-order valence-electron chi connectivity index (χ2n) is 7.69. The number of likely N-dealkylation sites (tertiary alicyclic amines) is 1. The van der Waals surface area contributed by atoms with Crippen molar-refractivity contribution in [1.29, 1.82) is 0 Å². The highest BCUT2D eigenvalue weighted by molar-refractivity contribution is 6.43. The minimum absolute atomic E-state index is 0.111. The van der Waals surface area contributed by atoms with Gasteiger partial charge in [0.2, 0.25) is 5.91 Å². The molecule has 32 heavy (non-hydrogen) atoms. The van der Waals surface area contributed by atoms with Crippen molar-refractivity contribution in [1.82, 2.24) is 10.2 Å². The molecule has 9 heteroatoms. The zero-order valence-corrected chi connectivity index (χ0v) is 19.3. The molecule has 1 fully saturated rings. The van der Waals surface area contributed by atoms with Gasteiger partial charge in [-0.3, -0.25) is 9.59 Å². The number of carbonyl (C=O) groups excluding carboxylic acids is 3. The first kappa shape index (κ1) is 23.9. The van der Waals surface area contributed by atoms with E-state index in [2.05, 4.69) is 16.0 Å². The highest BCUT2D eigenvalue weighted by Gasteiger charge is 2.20. The fourth-order valence-electron chi connectivity index (χ4n) is 3.38. The van der Waals surface area contributed by atoms with E-state index in [1.54, 1.807) is 43.3 Å². The molecule has 7 nitrogen and oxygen atoms in total. The molecule has 0 bridgehead atoms. The Hall–Kier alpha value is -2.77. The minimum Gasteiger partial charge on any atom is -0.340 e. The molecule has 3 N–H and O–H groups in total. The van der Waals surface area contributed by atoms with E-state index in [1.165, 1.54) is 6.07 Å². The van der Waals surface area contributed by atoms with Crippen LogP contribution in [0.2, 0.25) is 10.0 Å². The largest absolute Gasteiger partial charge is 0.340 e. The van der Waals surface area contributed by atoms with Crippen LogP contribution in [0, 0.1) is 0 Å². The van der Waals surface area contributed by atoms with Crippen LogP contribution >= 0.6 is 23.2 Å². The lowest BCUT2D eigenvalue weighted by Gasteiger charge is -2.21. The van der Waals surface area contributed by atoms with Gasteiger partial charge in [-0.05, 0) is 56.2 Å². The Balaban J connectivity index is 1.52. The number of benzene rings is 2. The van der Waals surface area contributed by atoms with Crippen LogP contribution in [0.3, 0.4) is 0 Å². The van der Waals surface area contributed by atoms with Crippen LogP contribution in [0.4, 0.5) is 16.2 Å². The summed E-state index contributed by atoms with van der Waals surface area (Å²) in [6.07, 6.45) is 4.36. The van der Waals surface area contributed by atoms with E-state index >= 15 is 0 Å². The Labute approximate surface area is 197 Å². The zero-order valence-electron chi connectivity index (χ0n) is 17.8. The van der Waals surface area contributed by atoms with Crippen LogP contribution in [-0.4, -0.2) is 41.9 Å². The van der Waals surface area contributed by atoms with E-state index in [9.17, 15) is 14.4 Å². The Morgan fingerprint density at radius 3 is 2.09 bits per heavy atom. The quantitative estimate of drug-likeness (QED) is 0.556. The van der Waals surface area contributed by atoms with Gasteiger partial charge in [0, 0.05) is 24.5 Å². The lowest BCUT2D eigenvalue weighted by molar-refractivity contribution is -0.117. The SMILES string of the molecule is CC(NC(=O)c1cccc(Cl)c1Cl)C(=O)Nc1ccc(NC(=O)N2CCCCCC2)cc1. The van der Waals surface area contributed by atoms with Gasteiger partial charge in [-0.25, -0.2) is 4.79 Å². The predicted octanol–water partition coefficient (Wildman–Crippen LogP) is 5.16. The van der Waals surface area contributed by atoms with E-state index in [-0.39, 0.29) is 21.6 Å². The number of amides is 4. The molecular formula is C23H26Cl2N4O3. The summed E-state index contributed by atoms with van der Waals surface area (Å²) in [7, 11) is 0. The van der Waals surface area contributed by atoms with Gasteiger partial charge >= 0.3 is 6.03 Å². The zero-order chi connectivity index (χ0) is 23.1. The monoisotopic (exact) mass is 476 g/mol. The third kappa shape index (κ3) is 6.37. The summed E-state index contributed by atoms with van der Waals surface area (Å²) < 4.78 is 0. The van der Waals surface area contributed by atoms with E-state index in [0.29, 0.717) is 11.4 Å². The first-order valence-electron chi connectivity index (χ1n) is 10.6. The third-order valence-corrected chi connectivity index (χ3v) is 6.05. The Kier molecular flexibility index (Phi) is 8.36. The molecule has 1 heterocycles. The van der Waals surface area contributed by atoms with Crippen molar-refractivity contribution >= 4 is 52.4 Å². The van der Waals surface area contributed by atoms with E-state index in [1.807, 2.05) is 4.90 Å². The predicted molar refractivity (Wildman–Crippen MR) is 128 cm³/mol. The van der Waals surface area contributed by atoms with Gasteiger partial charge < -0.3 is 20.9 Å². The van der Waals surface area contributed by atoms with Crippen LogP contribution in [-0.2, 0) is 4.79 Å². The fraction of sp³-hybridized carbons (Fsp3) is 0.348. The standard InChI is InChI=1S/C23H26Cl2N4O3/c1-15(26-22(31)18-7-6-8-19(24)20(18)25)21(30)27-16-9-11-17(12-10-16)28-23(32)29-13-4-2-3-5-14-29/h6-12,15H,2-5,13-14H2,1H3,(H,26,31)(H,27,30)(H,28,32). The second-order valence-corrected chi connectivity index (χ2v) is 8.48. The first-order chi connectivity index (χ1) is 15.3. The summed E-state index contributed by atoms with van der Waals surface area (Å²) in [5.74, 6) is -0.885. The van der Waals surface area contributed by atoms with E-state index in [4.69, 9.17) is 23.2 Å². The number of urea groups is 1. The summed E-state index contributed by atoms with van der Waals surface area (Å²) >= 11 is 12.0. The normalized spacial score (nSPS) is 14.8. The highest BCUT2D eigenvalue weighted by Crippen LogP contribution is 2.25. The number of carbonyl (C=O) groups is 3. The van der Waals surface area contributed by atoms with Crippen molar-refractivity contribution in [3.63, 3.8) is 0 Å². The molecule has 0 saturated carbocycles. The summed E-state index contributed by atoms with van der Waals surface area (Å²) in [6, 6.07) is 10.6. The maximum Gasteiger partial charge on any atom is 0.321 e. The van der Waals surface area contributed by atoms with Crippen molar-refractivity contribution in [2.45, 2.75) is 38.6 Å². The number of nitrogens with one attached hydrogen (secondary N) is 3. The number of hydrogen-bond acceptors (Lipinski definition) is 3. The lowest BCUT2D eigenvalue weighted by atomic mass is 10.2. The van der Waals surface area contributed by atoms with Gasteiger partial charge in [-0.2, -0.15) is 0 Å². The molecule has 0 radical (unpaired) electrons. The Bertz CT molecular complexity index is 974.